The minimum absolute atomic E-state index is 0.135. The Morgan fingerprint density at radius 3 is 0.869 bits per heavy atom. The molecule has 1 aliphatic carbocycles. The van der Waals surface area contributed by atoms with E-state index in [1.54, 1.807) is 0 Å². The Morgan fingerprint density at radius 1 is 0.262 bits per heavy atom. The summed E-state index contributed by atoms with van der Waals surface area (Å²) in [5, 5.41) is 10.0. The molecule has 0 spiro atoms. The Hall–Kier alpha value is -11.1. The van der Waals surface area contributed by atoms with E-state index in [1.807, 2.05) is 0 Å². The Kier molecular flexibility index (Phi) is 11.0. The predicted octanol–water partition coefficient (Wildman–Crippen LogP) is 20.8. The number of nitrogens with zero attached hydrogens (tertiary/aromatic N) is 6. The zero-order chi connectivity index (χ0) is 55.2. The van der Waals surface area contributed by atoms with E-state index in [-0.39, 0.29) is 6.04 Å². The summed E-state index contributed by atoms with van der Waals surface area (Å²) in [7, 11) is 0. The number of benzene rings is 12. The highest BCUT2D eigenvalue weighted by molar-refractivity contribution is 6.12. The molecule has 84 heavy (non-hydrogen) atoms. The maximum atomic E-state index is 2.52. The zero-order valence-electron chi connectivity index (χ0n) is 45.9. The topological polar surface area (TPSA) is 26.2 Å². The van der Waals surface area contributed by atoms with Crippen LogP contribution in [0.5, 0.6) is 0 Å². The molecule has 0 aliphatic heterocycles. The standard InChI is InChI=1S/C78H54N6/c1-9-28-71-63(20-1)64-21-2-10-29-72(64)81(71)57-44-36-53(37-45-57)79(54-38-46-58(47-39-54)82-73-30-11-3-22-65(73)66-23-4-12-31-74(66)82)61-18-17-19-62(52-61)80(55-40-48-59(49-41-55)83-75-32-13-5-24-67(75)68-25-6-14-33-76(68)83)56-42-50-60(51-43-56)84-77-34-15-7-26-69(77)70-27-8-16-35-78(70)84/h1-50,52,60H,51H2. The molecule has 12 aromatic carbocycles. The highest BCUT2D eigenvalue weighted by atomic mass is 15.2. The molecule has 0 bridgehead atoms. The van der Waals surface area contributed by atoms with Crippen molar-refractivity contribution >= 4 is 116 Å². The van der Waals surface area contributed by atoms with Gasteiger partial charge >= 0.3 is 0 Å². The van der Waals surface area contributed by atoms with Crippen molar-refractivity contribution in [1.82, 2.24) is 18.3 Å². The summed E-state index contributed by atoms with van der Waals surface area (Å²) in [6.45, 7) is 0. The second kappa shape index (κ2) is 19.3. The summed E-state index contributed by atoms with van der Waals surface area (Å²) < 4.78 is 9.70. The van der Waals surface area contributed by atoms with Gasteiger partial charge in [-0.2, -0.15) is 0 Å². The van der Waals surface area contributed by atoms with Crippen molar-refractivity contribution in [3.05, 3.63) is 315 Å². The van der Waals surface area contributed by atoms with E-state index in [1.165, 1.54) is 87.2 Å². The lowest BCUT2D eigenvalue weighted by molar-refractivity contribution is 0.643. The van der Waals surface area contributed by atoms with Crippen molar-refractivity contribution in [1.29, 1.82) is 0 Å². The van der Waals surface area contributed by atoms with E-state index < -0.39 is 0 Å². The molecule has 16 aromatic rings. The molecular formula is C78H54N6. The number of para-hydroxylation sites is 8. The maximum absolute atomic E-state index is 2.52. The SMILES string of the molecule is C1=CC(n2c3ccccc3c3ccccc32)CC=C1N(c1ccc(-n2c3ccccc3c3ccccc32)cc1)c1cccc(N(c2ccc(-n3c4ccccc4c4ccccc43)cc2)c2ccc(-n3c4ccccc4c4ccccc43)cc2)c1. The van der Waals surface area contributed by atoms with Gasteiger partial charge in [-0.3, -0.25) is 0 Å². The lowest BCUT2D eigenvalue weighted by Crippen LogP contribution is -2.19. The molecule has 0 fully saturated rings. The van der Waals surface area contributed by atoms with E-state index in [0.717, 1.165) is 57.6 Å². The van der Waals surface area contributed by atoms with Crippen molar-refractivity contribution in [3.63, 3.8) is 0 Å². The Balaban J connectivity index is 0.810. The normalized spacial score (nSPS) is 13.6. The third kappa shape index (κ3) is 7.51. The first kappa shape index (κ1) is 47.7. The van der Waals surface area contributed by atoms with E-state index >= 15 is 0 Å². The number of anilines is 5. The monoisotopic (exact) mass is 1070 g/mol. The van der Waals surface area contributed by atoms with Gasteiger partial charge in [0.1, 0.15) is 0 Å². The number of rotatable bonds is 10. The van der Waals surface area contributed by atoms with Crippen molar-refractivity contribution in [2.24, 2.45) is 0 Å². The zero-order valence-corrected chi connectivity index (χ0v) is 45.9. The van der Waals surface area contributed by atoms with Gasteiger partial charge in [-0.25, -0.2) is 0 Å². The average Bonchev–Trinajstić information content (AvgIpc) is 3.51. The first-order chi connectivity index (χ1) is 41.7. The molecule has 4 aromatic heterocycles. The summed E-state index contributed by atoms with van der Waals surface area (Å²) in [6.07, 6.45) is 8.00. The lowest BCUT2D eigenvalue weighted by atomic mass is 10.0. The van der Waals surface area contributed by atoms with Gasteiger partial charge in [-0.05, 0) is 152 Å². The molecule has 0 amide bonds. The van der Waals surface area contributed by atoms with Crippen LogP contribution in [0, 0.1) is 0 Å². The third-order valence-corrected chi connectivity index (χ3v) is 17.4. The summed E-state index contributed by atoms with van der Waals surface area (Å²) in [6, 6.07) is 107. The average molecular weight is 1080 g/mol. The molecule has 0 saturated carbocycles. The third-order valence-electron chi connectivity index (χ3n) is 17.4. The Bertz CT molecular complexity index is 4930. The summed E-state index contributed by atoms with van der Waals surface area (Å²) in [5.74, 6) is 0. The number of aromatic nitrogens is 4. The van der Waals surface area contributed by atoms with Crippen LogP contribution in [0.1, 0.15) is 12.5 Å². The van der Waals surface area contributed by atoms with Gasteiger partial charge in [0, 0.05) is 105 Å². The number of fused-ring (bicyclic) bond motifs is 12. The minimum atomic E-state index is 0.135. The molecule has 17 rings (SSSR count). The summed E-state index contributed by atoms with van der Waals surface area (Å²) in [4.78, 5) is 4.84. The molecule has 1 unspecified atom stereocenters. The van der Waals surface area contributed by atoms with Crippen LogP contribution in [0.15, 0.2) is 315 Å². The van der Waals surface area contributed by atoms with Crippen LogP contribution in [0.2, 0.25) is 0 Å². The lowest BCUT2D eigenvalue weighted by Gasteiger charge is -2.32. The van der Waals surface area contributed by atoms with Crippen molar-refractivity contribution in [3.8, 4) is 17.1 Å². The summed E-state index contributed by atoms with van der Waals surface area (Å²) in [5.41, 5.74) is 19.3. The van der Waals surface area contributed by atoms with Crippen LogP contribution in [-0.2, 0) is 0 Å². The highest BCUT2D eigenvalue weighted by Crippen LogP contribution is 2.44. The highest BCUT2D eigenvalue weighted by Gasteiger charge is 2.24. The molecule has 0 saturated heterocycles. The predicted molar refractivity (Wildman–Crippen MR) is 353 cm³/mol. The van der Waals surface area contributed by atoms with Crippen LogP contribution in [0.4, 0.5) is 28.4 Å². The molecule has 1 aliphatic rings. The molecule has 0 radical (unpaired) electrons. The first-order valence-electron chi connectivity index (χ1n) is 29.0. The van der Waals surface area contributed by atoms with Gasteiger partial charge < -0.3 is 28.1 Å². The molecule has 0 N–H and O–H groups in total. The molecule has 6 heteroatoms. The Labute approximate surface area is 485 Å². The van der Waals surface area contributed by atoms with Crippen molar-refractivity contribution in [2.45, 2.75) is 12.5 Å². The van der Waals surface area contributed by atoms with Crippen molar-refractivity contribution in [2.75, 3.05) is 9.80 Å². The fourth-order valence-electron chi connectivity index (χ4n) is 13.8. The fraction of sp³-hybridized carbons (Fsp3) is 0.0256. The molecule has 4 heterocycles. The van der Waals surface area contributed by atoms with E-state index in [0.29, 0.717) is 0 Å². The smallest absolute Gasteiger partial charge is 0.0561 e. The van der Waals surface area contributed by atoms with E-state index in [9.17, 15) is 0 Å². The minimum Gasteiger partial charge on any atom is -0.333 e. The van der Waals surface area contributed by atoms with Gasteiger partial charge in [0.2, 0.25) is 0 Å². The van der Waals surface area contributed by atoms with Crippen LogP contribution in [-0.4, -0.2) is 18.3 Å². The van der Waals surface area contributed by atoms with Gasteiger partial charge in [-0.1, -0.05) is 164 Å². The molecule has 1 atom stereocenters. The molecule has 6 nitrogen and oxygen atoms in total. The van der Waals surface area contributed by atoms with Crippen LogP contribution < -0.4 is 9.80 Å². The first-order valence-corrected chi connectivity index (χ1v) is 29.0. The van der Waals surface area contributed by atoms with E-state index in [4.69, 9.17) is 0 Å². The number of allylic oxidation sites excluding steroid dienone is 3. The van der Waals surface area contributed by atoms with E-state index in [2.05, 4.69) is 337 Å². The van der Waals surface area contributed by atoms with Crippen LogP contribution >= 0.6 is 0 Å². The van der Waals surface area contributed by atoms with Gasteiger partial charge in [0.05, 0.1) is 39.1 Å². The second-order valence-corrected chi connectivity index (χ2v) is 22.0. The van der Waals surface area contributed by atoms with Gasteiger partial charge in [0.15, 0.2) is 0 Å². The van der Waals surface area contributed by atoms with Crippen molar-refractivity contribution < 1.29 is 0 Å². The number of hydrogen-bond donors (Lipinski definition) is 0. The van der Waals surface area contributed by atoms with Gasteiger partial charge in [-0.15, -0.1) is 0 Å². The van der Waals surface area contributed by atoms with Crippen LogP contribution in [0.25, 0.3) is 104 Å². The molecular weight excluding hydrogens is 1020 g/mol. The quantitative estimate of drug-likeness (QED) is 0.136. The van der Waals surface area contributed by atoms with Crippen LogP contribution in [0.3, 0.4) is 0 Å². The summed E-state index contributed by atoms with van der Waals surface area (Å²) >= 11 is 0. The largest absolute Gasteiger partial charge is 0.333 e. The Morgan fingerprint density at radius 2 is 0.548 bits per heavy atom. The maximum Gasteiger partial charge on any atom is 0.0561 e. The molecule has 396 valence electrons. The van der Waals surface area contributed by atoms with Gasteiger partial charge in [0.25, 0.3) is 0 Å². The second-order valence-electron chi connectivity index (χ2n) is 22.0. The number of hydrogen-bond acceptors (Lipinski definition) is 2. The fourth-order valence-corrected chi connectivity index (χ4v) is 13.8.